The maximum atomic E-state index is 14.6. The van der Waals surface area contributed by atoms with Crippen molar-refractivity contribution in [3.05, 3.63) is 87.4 Å². The van der Waals surface area contributed by atoms with E-state index in [1.165, 1.54) is 12.3 Å². The van der Waals surface area contributed by atoms with Gasteiger partial charge in [0.25, 0.3) is 6.01 Å². The van der Waals surface area contributed by atoms with Crippen LogP contribution in [0.2, 0.25) is 10.0 Å². The topological polar surface area (TPSA) is 51.0 Å². The minimum atomic E-state index is -0.631. The number of nitrogens with zero attached hydrogens (tertiary/aromatic N) is 2. The average molecular weight is 402 g/mol. The molecule has 0 aliphatic heterocycles. The molecule has 7 heteroatoms. The van der Waals surface area contributed by atoms with Gasteiger partial charge in [-0.05, 0) is 48.4 Å². The standard InChI is InChI=1S/C20H14Cl2FN3O/c1-11-2-7-16-17(8-11)27-20(25-16)26-18(12-3-5-13(21)6-4-12)19-15(23)9-14(22)10-24-19/h2-10,18H,1H3,(H,25,26)/t18-/m0/s1. The monoisotopic (exact) mass is 401 g/mol. The molecule has 0 fully saturated rings. The number of nitrogens with one attached hydrogen (secondary N) is 1. The maximum Gasteiger partial charge on any atom is 0.296 e. The van der Waals surface area contributed by atoms with Crippen molar-refractivity contribution in [2.24, 2.45) is 0 Å². The lowest BCUT2D eigenvalue weighted by molar-refractivity contribution is 0.577. The molecule has 27 heavy (non-hydrogen) atoms. The zero-order chi connectivity index (χ0) is 19.0. The van der Waals surface area contributed by atoms with Gasteiger partial charge >= 0.3 is 0 Å². The van der Waals surface area contributed by atoms with Gasteiger partial charge in [-0.3, -0.25) is 4.98 Å². The quantitative estimate of drug-likeness (QED) is 0.443. The Hall–Kier alpha value is -2.63. The highest BCUT2D eigenvalue weighted by molar-refractivity contribution is 6.30. The third-order valence-electron chi connectivity index (χ3n) is 4.12. The van der Waals surface area contributed by atoms with Crippen molar-refractivity contribution < 1.29 is 8.81 Å². The van der Waals surface area contributed by atoms with E-state index in [1.54, 1.807) is 24.3 Å². The molecule has 4 nitrogen and oxygen atoms in total. The van der Waals surface area contributed by atoms with E-state index in [4.69, 9.17) is 27.6 Å². The fraction of sp³-hybridized carbons (Fsp3) is 0.100. The SMILES string of the molecule is Cc1ccc2nc(N[C@@H](c3ccc(Cl)cc3)c3ncc(Cl)cc3F)oc2c1. The first-order valence-corrected chi connectivity index (χ1v) is 8.95. The van der Waals surface area contributed by atoms with Crippen molar-refractivity contribution in [3.8, 4) is 0 Å². The van der Waals surface area contributed by atoms with E-state index in [1.807, 2.05) is 25.1 Å². The second kappa shape index (κ2) is 7.18. The molecule has 2 aromatic heterocycles. The van der Waals surface area contributed by atoms with Crippen LogP contribution in [-0.4, -0.2) is 9.97 Å². The van der Waals surface area contributed by atoms with Gasteiger partial charge in [0.05, 0.1) is 5.02 Å². The van der Waals surface area contributed by atoms with Crippen molar-refractivity contribution >= 4 is 40.3 Å². The van der Waals surface area contributed by atoms with Gasteiger partial charge in [-0.2, -0.15) is 4.98 Å². The lowest BCUT2D eigenvalue weighted by Crippen LogP contribution is -2.16. The number of hydrogen-bond donors (Lipinski definition) is 1. The zero-order valence-electron chi connectivity index (χ0n) is 14.2. The molecule has 4 aromatic rings. The molecule has 0 radical (unpaired) electrons. The molecule has 0 unspecified atom stereocenters. The molecule has 136 valence electrons. The van der Waals surface area contributed by atoms with E-state index >= 15 is 0 Å². The summed E-state index contributed by atoms with van der Waals surface area (Å²) in [5, 5.41) is 3.94. The number of fused-ring (bicyclic) bond motifs is 1. The van der Waals surface area contributed by atoms with Crippen molar-refractivity contribution in [1.29, 1.82) is 0 Å². The normalized spacial score (nSPS) is 12.3. The number of pyridine rings is 1. The average Bonchev–Trinajstić information content (AvgIpc) is 3.02. The third kappa shape index (κ3) is 3.75. The van der Waals surface area contributed by atoms with Gasteiger partial charge < -0.3 is 9.73 Å². The molecular weight excluding hydrogens is 388 g/mol. The Morgan fingerprint density at radius 2 is 1.81 bits per heavy atom. The highest BCUT2D eigenvalue weighted by atomic mass is 35.5. The summed E-state index contributed by atoms with van der Waals surface area (Å²) in [6.07, 6.45) is 1.40. The summed E-state index contributed by atoms with van der Waals surface area (Å²) in [4.78, 5) is 8.60. The Balaban J connectivity index is 1.77. The minimum Gasteiger partial charge on any atom is -0.424 e. The number of anilines is 1. The second-order valence-corrected chi connectivity index (χ2v) is 7.01. The molecule has 1 N–H and O–H groups in total. The first-order valence-electron chi connectivity index (χ1n) is 8.20. The molecule has 0 aliphatic carbocycles. The molecular formula is C20H14Cl2FN3O. The predicted molar refractivity (Wildman–Crippen MR) is 105 cm³/mol. The van der Waals surface area contributed by atoms with E-state index in [2.05, 4.69) is 15.3 Å². The van der Waals surface area contributed by atoms with Crippen LogP contribution in [0.5, 0.6) is 0 Å². The highest BCUT2D eigenvalue weighted by Gasteiger charge is 2.22. The second-order valence-electron chi connectivity index (χ2n) is 6.14. The van der Waals surface area contributed by atoms with Crippen LogP contribution in [0.15, 0.2) is 59.1 Å². The van der Waals surface area contributed by atoms with Crippen LogP contribution in [0.1, 0.15) is 22.9 Å². The summed E-state index contributed by atoms with van der Waals surface area (Å²) in [6, 6.07) is 13.6. The van der Waals surface area contributed by atoms with Crippen molar-refractivity contribution in [1.82, 2.24) is 9.97 Å². The number of aryl methyl sites for hydroxylation is 1. The number of oxazole rings is 1. The van der Waals surface area contributed by atoms with Crippen LogP contribution in [0.4, 0.5) is 10.4 Å². The van der Waals surface area contributed by atoms with Crippen molar-refractivity contribution in [3.63, 3.8) is 0 Å². The van der Waals surface area contributed by atoms with Crippen LogP contribution < -0.4 is 5.32 Å². The Morgan fingerprint density at radius 3 is 2.56 bits per heavy atom. The molecule has 1 atom stereocenters. The van der Waals surface area contributed by atoms with E-state index in [9.17, 15) is 4.39 Å². The van der Waals surface area contributed by atoms with E-state index in [0.717, 1.165) is 11.1 Å². The summed E-state index contributed by atoms with van der Waals surface area (Å²) in [6.45, 7) is 1.97. The van der Waals surface area contributed by atoms with Gasteiger partial charge in [0.1, 0.15) is 23.1 Å². The van der Waals surface area contributed by atoms with Gasteiger partial charge in [-0.1, -0.05) is 41.4 Å². The number of rotatable bonds is 4. The largest absolute Gasteiger partial charge is 0.424 e. The van der Waals surface area contributed by atoms with Gasteiger partial charge in [-0.15, -0.1) is 0 Å². The Bertz CT molecular complexity index is 1110. The maximum absolute atomic E-state index is 14.6. The van der Waals surface area contributed by atoms with Crippen LogP contribution in [-0.2, 0) is 0 Å². The molecule has 0 aliphatic rings. The Labute approximate surface area is 165 Å². The fourth-order valence-electron chi connectivity index (χ4n) is 2.82. The molecule has 2 aromatic carbocycles. The van der Waals surface area contributed by atoms with Gasteiger partial charge in [0.2, 0.25) is 0 Å². The molecule has 0 saturated carbocycles. The summed E-state index contributed by atoms with van der Waals surface area (Å²) < 4.78 is 20.3. The van der Waals surface area contributed by atoms with Crippen LogP contribution in [0, 0.1) is 12.7 Å². The number of benzene rings is 2. The number of halogens is 3. The van der Waals surface area contributed by atoms with Crippen molar-refractivity contribution in [2.75, 3.05) is 5.32 Å². The molecule has 0 saturated heterocycles. The number of aromatic nitrogens is 2. The lowest BCUT2D eigenvalue weighted by Gasteiger charge is -2.18. The third-order valence-corrected chi connectivity index (χ3v) is 4.58. The van der Waals surface area contributed by atoms with E-state index < -0.39 is 11.9 Å². The summed E-state index contributed by atoms with van der Waals surface area (Å²) >= 11 is 11.8. The van der Waals surface area contributed by atoms with Crippen LogP contribution in [0.3, 0.4) is 0 Å². The molecule has 0 amide bonds. The predicted octanol–water partition coefficient (Wildman–Crippen LogP) is 6.18. The summed E-state index contributed by atoms with van der Waals surface area (Å²) in [7, 11) is 0. The lowest BCUT2D eigenvalue weighted by atomic mass is 10.0. The van der Waals surface area contributed by atoms with Crippen LogP contribution >= 0.6 is 23.2 Å². The zero-order valence-corrected chi connectivity index (χ0v) is 15.7. The molecule has 0 bridgehead atoms. The Kier molecular flexibility index (Phi) is 4.72. The summed E-state index contributed by atoms with van der Waals surface area (Å²) in [5.41, 5.74) is 3.36. The Morgan fingerprint density at radius 1 is 1.04 bits per heavy atom. The van der Waals surface area contributed by atoms with Crippen LogP contribution in [0.25, 0.3) is 11.1 Å². The first-order chi connectivity index (χ1) is 13.0. The number of hydrogen-bond acceptors (Lipinski definition) is 4. The first kappa shape index (κ1) is 17.8. The van der Waals surface area contributed by atoms with E-state index in [-0.39, 0.29) is 16.7 Å². The molecule has 2 heterocycles. The van der Waals surface area contributed by atoms with E-state index in [0.29, 0.717) is 16.1 Å². The van der Waals surface area contributed by atoms with Gasteiger partial charge in [0.15, 0.2) is 5.58 Å². The minimum absolute atomic E-state index is 0.181. The van der Waals surface area contributed by atoms with Gasteiger partial charge in [-0.25, -0.2) is 4.39 Å². The smallest absolute Gasteiger partial charge is 0.296 e. The fourth-order valence-corrected chi connectivity index (χ4v) is 3.09. The molecule has 0 spiro atoms. The van der Waals surface area contributed by atoms with Gasteiger partial charge in [0, 0.05) is 11.2 Å². The summed E-state index contributed by atoms with van der Waals surface area (Å²) in [5.74, 6) is -0.526. The molecule has 4 rings (SSSR count). The van der Waals surface area contributed by atoms with Crippen molar-refractivity contribution in [2.45, 2.75) is 13.0 Å². The highest BCUT2D eigenvalue weighted by Crippen LogP contribution is 2.30.